The molecule has 0 heterocycles. The van der Waals surface area contributed by atoms with Gasteiger partial charge in [-0.15, -0.1) is 0 Å². The molecule has 0 spiro atoms. The molecule has 0 radical (unpaired) electrons. The van der Waals surface area contributed by atoms with E-state index in [0.717, 1.165) is 18.5 Å². The fourth-order valence-electron chi connectivity index (χ4n) is 2.76. The van der Waals surface area contributed by atoms with Gasteiger partial charge < -0.3 is 10.6 Å². The van der Waals surface area contributed by atoms with Crippen molar-refractivity contribution in [1.29, 1.82) is 0 Å². The molecule has 5 nitrogen and oxygen atoms in total. The zero-order chi connectivity index (χ0) is 16.1. The second kappa shape index (κ2) is 7.40. The highest BCUT2D eigenvalue weighted by molar-refractivity contribution is 5.92. The summed E-state index contributed by atoms with van der Waals surface area (Å²) in [5.74, 6) is -0.166. The number of hydrogen-bond acceptors (Lipinski definition) is 3. The van der Waals surface area contributed by atoms with E-state index in [1.165, 1.54) is 17.5 Å². The van der Waals surface area contributed by atoms with E-state index in [-0.39, 0.29) is 30.9 Å². The van der Waals surface area contributed by atoms with Crippen molar-refractivity contribution in [3.63, 3.8) is 0 Å². The normalized spacial score (nSPS) is 13.3. The van der Waals surface area contributed by atoms with E-state index in [1.807, 2.05) is 19.9 Å². The van der Waals surface area contributed by atoms with Crippen LogP contribution in [-0.2, 0) is 22.4 Å². The number of carbonyl (C=O) groups excluding carboxylic acids is 2. The van der Waals surface area contributed by atoms with Crippen molar-refractivity contribution in [2.24, 2.45) is 0 Å². The highest BCUT2D eigenvalue weighted by Crippen LogP contribution is 2.24. The highest BCUT2D eigenvalue weighted by atomic mass is 16.2. The van der Waals surface area contributed by atoms with Crippen LogP contribution in [0.25, 0.3) is 0 Å². The summed E-state index contributed by atoms with van der Waals surface area (Å²) in [5.41, 5.74) is 3.56. The minimum absolute atomic E-state index is 0.0668. The Morgan fingerprint density at radius 2 is 1.82 bits per heavy atom. The van der Waals surface area contributed by atoms with E-state index in [2.05, 4.69) is 22.8 Å². The van der Waals surface area contributed by atoms with Crippen LogP contribution in [0.3, 0.4) is 0 Å². The second-order valence-corrected chi connectivity index (χ2v) is 6.28. The number of nitrogens with one attached hydrogen (secondary N) is 2. The van der Waals surface area contributed by atoms with Crippen molar-refractivity contribution >= 4 is 17.5 Å². The van der Waals surface area contributed by atoms with Crippen molar-refractivity contribution in [2.45, 2.75) is 39.2 Å². The molecule has 2 rings (SSSR count). The van der Waals surface area contributed by atoms with Gasteiger partial charge in [0.05, 0.1) is 13.1 Å². The van der Waals surface area contributed by atoms with E-state index in [4.69, 9.17) is 0 Å². The summed E-state index contributed by atoms with van der Waals surface area (Å²) in [5, 5.41) is 5.72. The average Bonchev–Trinajstić information content (AvgIpc) is 2.84. The molecule has 0 saturated carbocycles. The summed E-state index contributed by atoms with van der Waals surface area (Å²) >= 11 is 0. The maximum absolute atomic E-state index is 12.0. The molecule has 0 aromatic heterocycles. The first-order valence-corrected chi connectivity index (χ1v) is 7.83. The lowest BCUT2D eigenvalue weighted by Gasteiger charge is -2.17. The number of anilines is 1. The molecule has 5 heteroatoms. The third-order valence-electron chi connectivity index (χ3n) is 3.66. The molecule has 0 fully saturated rings. The van der Waals surface area contributed by atoms with E-state index in [1.54, 1.807) is 11.9 Å². The summed E-state index contributed by atoms with van der Waals surface area (Å²) in [6, 6.07) is 6.22. The average molecular weight is 303 g/mol. The monoisotopic (exact) mass is 303 g/mol. The van der Waals surface area contributed by atoms with E-state index >= 15 is 0 Å². The van der Waals surface area contributed by atoms with Gasteiger partial charge in [0.25, 0.3) is 0 Å². The fourth-order valence-corrected chi connectivity index (χ4v) is 2.76. The number of fused-ring (bicyclic) bond motifs is 1. The van der Waals surface area contributed by atoms with Crippen LogP contribution in [0.5, 0.6) is 0 Å². The topological polar surface area (TPSA) is 61.4 Å². The molecular weight excluding hydrogens is 278 g/mol. The first-order chi connectivity index (χ1) is 10.4. The zero-order valence-electron chi connectivity index (χ0n) is 13.6. The van der Waals surface area contributed by atoms with Crippen LogP contribution in [0.2, 0.25) is 0 Å². The maximum atomic E-state index is 12.0. The van der Waals surface area contributed by atoms with Gasteiger partial charge >= 0.3 is 0 Å². The lowest BCUT2D eigenvalue weighted by Crippen LogP contribution is -2.41. The Bertz CT molecular complexity index is 555. The maximum Gasteiger partial charge on any atom is 0.238 e. The minimum Gasteiger partial charge on any atom is -0.353 e. The number of benzene rings is 1. The van der Waals surface area contributed by atoms with Gasteiger partial charge in [0.2, 0.25) is 11.8 Å². The third-order valence-corrected chi connectivity index (χ3v) is 3.66. The number of rotatable bonds is 6. The van der Waals surface area contributed by atoms with Crippen molar-refractivity contribution < 1.29 is 9.59 Å². The van der Waals surface area contributed by atoms with Gasteiger partial charge in [0.15, 0.2) is 0 Å². The summed E-state index contributed by atoms with van der Waals surface area (Å²) in [4.78, 5) is 25.4. The highest BCUT2D eigenvalue weighted by Gasteiger charge is 2.14. The van der Waals surface area contributed by atoms with Gasteiger partial charge in [0.1, 0.15) is 0 Å². The summed E-state index contributed by atoms with van der Waals surface area (Å²) < 4.78 is 0. The quantitative estimate of drug-likeness (QED) is 0.838. The number of amides is 2. The zero-order valence-corrected chi connectivity index (χ0v) is 13.6. The molecular formula is C17H25N3O2. The molecule has 0 saturated heterocycles. The molecule has 0 atom stereocenters. The fraction of sp³-hybridized carbons (Fsp3) is 0.529. The van der Waals surface area contributed by atoms with Crippen LogP contribution < -0.4 is 10.6 Å². The van der Waals surface area contributed by atoms with Crippen LogP contribution in [0.4, 0.5) is 5.69 Å². The Balaban J connectivity index is 1.81. The van der Waals surface area contributed by atoms with Gasteiger partial charge in [-0.2, -0.15) is 0 Å². The Hall–Kier alpha value is -1.88. The molecule has 2 amide bonds. The first-order valence-electron chi connectivity index (χ1n) is 7.83. The van der Waals surface area contributed by atoms with E-state index in [9.17, 15) is 9.59 Å². The van der Waals surface area contributed by atoms with Crippen LogP contribution in [0.1, 0.15) is 31.4 Å². The second-order valence-electron chi connectivity index (χ2n) is 6.28. The van der Waals surface area contributed by atoms with Crippen molar-refractivity contribution in [2.75, 3.05) is 25.5 Å². The van der Waals surface area contributed by atoms with Crippen LogP contribution in [-0.4, -0.2) is 42.9 Å². The summed E-state index contributed by atoms with van der Waals surface area (Å²) in [6.07, 6.45) is 3.42. The smallest absolute Gasteiger partial charge is 0.238 e. The van der Waals surface area contributed by atoms with Gasteiger partial charge in [0, 0.05) is 11.7 Å². The molecule has 0 unspecified atom stereocenters. The molecule has 1 aromatic carbocycles. The van der Waals surface area contributed by atoms with Crippen LogP contribution in [0.15, 0.2) is 18.2 Å². The number of carbonyl (C=O) groups is 2. The van der Waals surface area contributed by atoms with Gasteiger partial charge in [-0.05, 0) is 63.4 Å². The number of aryl methyl sites for hydroxylation is 2. The summed E-state index contributed by atoms with van der Waals surface area (Å²) in [7, 11) is 1.77. The molecule has 0 bridgehead atoms. The largest absolute Gasteiger partial charge is 0.353 e. The third kappa shape index (κ3) is 4.84. The van der Waals surface area contributed by atoms with Gasteiger partial charge in [-0.3, -0.25) is 14.5 Å². The van der Waals surface area contributed by atoms with Crippen molar-refractivity contribution in [3.05, 3.63) is 29.3 Å². The number of hydrogen-bond donors (Lipinski definition) is 2. The number of likely N-dealkylation sites (N-methyl/N-ethyl adjacent to an activating group) is 1. The lowest BCUT2D eigenvalue weighted by molar-refractivity contribution is -0.123. The minimum atomic E-state index is -0.0993. The molecule has 1 aliphatic rings. The predicted octanol–water partition coefficient (Wildman–Crippen LogP) is 1.57. The SMILES string of the molecule is CC(C)NC(=O)CN(C)CC(=O)Nc1ccc2c(c1)CCC2. The standard InChI is InChI=1S/C17H25N3O2/c1-12(2)18-16(21)10-20(3)11-17(22)19-15-8-7-13-5-4-6-14(13)9-15/h7-9,12H,4-6,10-11H2,1-3H3,(H,18,21)(H,19,22). The van der Waals surface area contributed by atoms with Crippen LogP contribution >= 0.6 is 0 Å². The van der Waals surface area contributed by atoms with Crippen molar-refractivity contribution in [3.8, 4) is 0 Å². The molecule has 1 aromatic rings. The van der Waals surface area contributed by atoms with Gasteiger partial charge in [-0.25, -0.2) is 0 Å². The summed E-state index contributed by atoms with van der Waals surface area (Å²) in [6.45, 7) is 4.25. The Morgan fingerprint density at radius 3 is 2.55 bits per heavy atom. The predicted molar refractivity (Wildman–Crippen MR) is 87.9 cm³/mol. The molecule has 120 valence electrons. The van der Waals surface area contributed by atoms with Crippen molar-refractivity contribution in [1.82, 2.24) is 10.2 Å². The van der Waals surface area contributed by atoms with E-state index < -0.39 is 0 Å². The molecule has 2 N–H and O–H groups in total. The molecule has 22 heavy (non-hydrogen) atoms. The Morgan fingerprint density at radius 1 is 1.14 bits per heavy atom. The number of nitrogens with zero attached hydrogens (tertiary/aromatic N) is 1. The molecule has 0 aliphatic heterocycles. The lowest BCUT2D eigenvalue weighted by atomic mass is 10.1. The first kappa shape index (κ1) is 16.5. The van der Waals surface area contributed by atoms with E-state index in [0.29, 0.717) is 0 Å². The molecule has 1 aliphatic carbocycles. The Kier molecular flexibility index (Phi) is 5.55. The Labute approximate surface area is 132 Å². The van der Waals surface area contributed by atoms with Crippen LogP contribution in [0, 0.1) is 0 Å². The van der Waals surface area contributed by atoms with Gasteiger partial charge in [-0.1, -0.05) is 6.07 Å².